The van der Waals surface area contributed by atoms with Gasteiger partial charge in [0.25, 0.3) is 0 Å². The van der Waals surface area contributed by atoms with E-state index in [1.54, 1.807) is 0 Å². The lowest BCUT2D eigenvalue weighted by molar-refractivity contribution is 0.0110. The molecule has 0 aromatic carbocycles. The molecule has 0 aromatic rings. The summed E-state index contributed by atoms with van der Waals surface area (Å²) in [5.74, 6) is 0. The Morgan fingerprint density at radius 3 is 1.56 bits per heavy atom. The molecule has 0 saturated carbocycles. The van der Waals surface area contributed by atoms with E-state index in [2.05, 4.69) is 20.8 Å². The second kappa shape index (κ2) is 10.1. The predicted octanol–water partition coefficient (Wildman–Crippen LogP) is 5.15. The first-order valence-electron chi connectivity index (χ1n) is 7.09. The summed E-state index contributed by atoms with van der Waals surface area (Å²) < 4.78 is 5.59. The van der Waals surface area contributed by atoms with Crippen LogP contribution in [-0.4, -0.2) is 12.7 Å². The molecule has 0 amide bonds. The summed E-state index contributed by atoms with van der Waals surface area (Å²) in [5, 5.41) is 0. The molecule has 0 saturated heterocycles. The van der Waals surface area contributed by atoms with Gasteiger partial charge >= 0.3 is 0 Å². The van der Waals surface area contributed by atoms with Crippen LogP contribution in [0.2, 0.25) is 0 Å². The molecule has 0 aliphatic carbocycles. The average molecular weight is 227 g/mol. The molecule has 0 heterocycles. The Morgan fingerprint density at radius 2 is 1.25 bits per heavy atom. The molecule has 0 atom stereocenters. The summed E-state index contributed by atoms with van der Waals surface area (Å²) >= 11 is 0. The molecule has 0 spiro atoms. The number of ether oxygens (including phenoxy) is 1. The van der Waals surface area contributed by atoms with Crippen LogP contribution in [0.5, 0.6) is 0 Å². The third kappa shape index (κ3) is 8.15. The summed E-state index contributed by atoms with van der Waals surface area (Å²) in [5.41, 5.74) is -0.110. The molecular weight excluding hydrogens is 196 g/mol. The van der Waals surface area contributed by atoms with Crippen molar-refractivity contribution in [1.29, 1.82) is 0 Å². The maximum atomic E-state index is 5.59. The number of unbranched alkanes of at least 4 members (excludes halogenated alkanes) is 6. The molecular formula is C15H31O. The highest BCUT2D eigenvalue weighted by Gasteiger charge is 2.22. The van der Waals surface area contributed by atoms with Crippen LogP contribution in [0.15, 0.2) is 0 Å². The average Bonchev–Trinajstić information content (AvgIpc) is 2.31. The topological polar surface area (TPSA) is 9.23 Å². The number of hydrogen-bond donors (Lipinski definition) is 0. The molecule has 0 bridgehead atoms. The van der Waals surface area contributed by atoms with Gasteiger partial charge in [0, 0.05) is 7.11 Å². The van der Waals surface area contributed by atoms with E-state index in [4.69, 9.17) is 4.74 Å². The van der Waals surface area contributed by atoms with Crippen LogP contribution in [0, 0.1) is 6.92 Å². The van der Waals surface area contributed by atoms with E-state index in [1.165, 1.54) is 51.4 Å². The maximum Gasteiger partial charge on any atom is 0.0679 e. The fourth-order valence-electron chi connectivity index (χ4n) is 2.08. The zero-order valence-electron chi connectivity index (χ0n) is 11.7. The number of methoxy groups -OCH3 is 1. The van der Waals surface area contributed by atoms with Crippen LogP contribution in [0.4, 0.5) is 0 Å². The third-order valence-corrected chi connectivity index (χ3v) is 3.40. The van der Waals surface area contributed by atoms with Crippen LogP contribution < -0.4 is 0 Å². The van der Waals surface area contributed by atoms with E-state index in [0.717, 1.165) is 12.8 Å². The summed E-state index contributed by atoms with van der Waals surface area (Å²) in [6, 6.07) is 0. The highest BCUT2D eigenvalue weighted by molar-refractivity contribution is 4.83. The number of hydrogen-bond acceptors (Lipinski definition) is 1. The van der Waals surface area contributed by atoms with Crippen LogP contribution in [0.1, 0.15) is 78.1 Å². The van der Waals surface area contributed by atoms with Crippen molar-refractivity contribution < 1.29 is 4.74 Å². The fourth-order valence-corrected chi connectivity index (χ4v) is 2.08. The van der Waals surface area contributed by atoms with Gasteiger partial charge in [-0.05, 0) is 19.8 Å². The van der Waals surface area contributed by atoms with Gasteiger partial charge in [-0.1, -0.05) is 65.2 Å². The standard InChI is InChI=1S/C15H31O/c1-5-7-9-11-13-15(3,16-4)14-12-10-8-6-2/h3,5-14H2,1-2,4H3. The van der Waals surface area contributed by atoms with E-state index in [9.17, 15) is 0 Å². The van der Waals surface area contributed by atoms with Crippen LogP contribution in [-0.2, 0) is 4.74 Å². The normalized spacial score (nSPS) is 12.0. The Morgan fingerprint density at radius 1 is 0.812 bits per heavy atom. The van der Waals surface area contributed by atoms with Gasteiger partial charge in [0.2, 0.25) is 0 Å². The molecule has 0 aliphatic heterocycles. The van der Waals surface area contributed by atoms with Gasteiger partial charge in [0.05, 0.1) is 5.60 Å². The van der Waals surface area contributed by atoms with E-state index in [1.807, 2.05) is 7.11 Å². The summed E-state index contributed by atoms with van der Waals surface area (Å²) in [7, 11) is 1.81. The summed E-state index contributed by atoms with van der Waals surface area (Å²) in [6.07, 6.45) is 12.7. The summed E-state index contributed by atoms with van der Waals surface area (Å²) in [4.78, 5) is 0. The second-order valence-electron chi connectivity index (χ2n) is 5.01. The Bertz CT molecular complexity index is 130. The lowest BCUT2D eigenvalue weighted by Crippen LogP contribution is -2.27. The van der Waals surface area contributed by atoms with Crippen molar-refractivity contribution >= 4 is 0 Å². The molecule has 0 rings (SSSR count). The monoisotopic (exact) mass is 227 g/mol. The smallest absolute Gasteiger partial charge is 0.0679 e. The highest BCUT2D eigenvalue weighted by Crippen LogP contribution is 2.25. The minimum atomic E-state index is -0.110. The van der Waals surface area contributed by atoms with Crippen LogP contribution >= 0.6 is 0 Å². The van der Waals surface area contributed by atoms with E-state index in [0.29, 0.717) is 0 Å². The lowest BCUT2D eigenvalue weighted by atomic mass is 9.91. The van der Waals surface area contributed by atoms with E-state index in [-0.39, 0.29) is 5.60 Å². The summed E-state index contributed by atoms with van der Waals surface area (Å²) in [6.45, 7) is 8.76. The SMILES string of the molecule is [CH2]C(CCCCCC)(CCCCCC)OC. The Kier molecular flexibility index (Phi) is 10.1. The maximum absolute atomic E-state index is 5.59. The first kappa shape index (κ1) is 16.0. The van der Waals surface area contributed by atoms with E-state index < -0.39 is 0 Å². The lowest BCUT2D eigenvalue weighted by Gasteiger charge is -2.28. The van der Waals surface area contributed by atoms with Gasteiger partial charge in [-0.3, -0.25) is 0 Å². The van der Waals surface area contributed by atoms with Gasteiger partial charge in [0.1, 0.15) is 0 Å². The molecule has 0 unspecified atom stereocenters. The predicted molar refractivity (Wildman–Crippen MR) is 72.6 cm³/mol. The molecule has 1 nitrogen and oxygen atoms in total. The highest BCUT2D eigenvalue weighted by atomic mass is 16.5. The van der Waals surface area contributed by atoms with Crippen molar-refractivity contribution in [1.82, 2.24) is 0 Å². The molecule has 1 heteroatoms. The second-order valence-corrected chi connectivity index (χ2v) is 5.01. The van der Waals surface area contributed by atoms with Crippen molar-refractivity contribution in [3.63, 3.8) is 0 Å². The quantitative estimate of drug-likeness (QED) is 0.444. The van der Waals surface area contributed by atoms with Crippen molar-refractivity contribution in [2.24, 2.45) is 0 Å². The molecule has 0 aliphatic rings. The number of rotatable bonds is 11. The third-order valence-electron chi connectivity index (χ3n) is 3.40. The van der Waals surface area contributed by atoms with Gasteiger partial charge in [-0.15, -0.1) is 0 Å². The molecule has 0 fully saturated rings. The van der Waals surface area contributed by atoms with Crippen molar-refractivity contribution in [2.45, 2.75) is 83.7 Å². The van der Waals surface area contributed by atoms with Gasteiger partial charge in [-0.2, -0.15) is 0 Å². The van der Waals surface area contributed by atoms with Crippen LogP contribution in [0.25, 0.3) is 0 Å². The zero-order chi connectivity index (χ0) is 12.3. The van der Waals surface area contributed by atoms with Crippen molar-refractivity contribution in [3.05, 3.63) is 6.92 Å². The minimum absolute atomic E-state index is 0.110. The first-order valence-corrected chi connectivity index (χ1v) is 7.09. The van der Waals surface area contributed by atoms with Gasteiger partial charge in [-0.25, -0.2) is 0 Å². The van der Waals surface area contributed by atoms with Crippen molar-refractivity contribution in [2.75, 3.05) is 7.11 Å². The molecule has 0 N–H and O–H groups in total. The minimum Gasteiger partial charge on any atom is -0.378 e. The van der Waals surface area contributed by atoms with Crippen molar-refractivity contribution in [3.8, 4) is 0 Å². The Balaban J connectivity index is 3.64. The Hall–Kier alpha value is -0.0400. The van der Waals surface area contributed by atoms with Gasteiger partial charge < -0.3 is 4.74 Å². The fraction of sp³-hybridized carbons (Fsp3) is 0.933. The van der Waals surface area contributed by atoms with Gasteiger partial charge in [0.15, 0.2) is 0 Å². The zero-order valence-corrected chi connectivity index (χ0v) is 11.7. The Labute approximate surface area is 103 Å². The largest absolute Gasteiger partial charge is 0.378 e. The first-order chi connectivity index (χ1) is 7.68. The van der Waals surface area contributed by atoms with E-state index >= 15 is 0 Å². The molecule has 0 aromatic heterocycles. The molecule has 16 heavy (non-hydrogen) atoms. The van der Waals surface area contributed by atoms with Crippen LogP contribution in [0.3, 0.4) is 0 Å². The molecule has 97 valence electrons. The molecule has 1 radical (unpaired) electrons.